The first-order valence-electron chi connectivity index (χ1n) is 19.4. The minimum Gasteiger partial charge on any atom is -0.456 e. The van der Waals surface area contributed by atoms with Gasteiger partial charge >= 0.3 is 0 Å². The molecule has 0 bridgehead atoms. The summed E-state index contributed by atoms with van der Waals surface area (Å²) in [5.74, 6) is 1.06. The number of rotatable bonds is 6. The fourth-order valence-corrected chi connectivity index (χ4v) is 8.85. The summed E-state index contributed by atoms with van der Waals surface area (Å²) in [6.07, 6.45) is 0.849. The van der Waals surface area contributed by atoms with Gasteiger partial charge in [0.2, 0.25) is 0 Å². The summed E-state index contributed by atoms with van der Waals surface area (Å²) in [6, 6.07) is 67.8. The third kappa shape index (κ3) is 5.09. The van der Waals surface area contributed by atoms with Crippen molar-refractivity contribution in [2.75, 3.05) is 0 Å². The Balaban J connectivity index is 1.16. The molecular weight excluding hydrogens is 681 g/mol. The Morgan fingerprint density at radius 1 is 0.446 bits per heavy atom. The van der Waals surface area contributed by atoms with Crippen molar-refractivity contribution in [2.45, 2.75) is 13.3 Å². The number of aromatic nitrogens is 2. The van der Waals surface area contributed by atoms with Crippen molar-refractivity contribution < 1.29 is 4.42 Å². The molecule has 0 aliphatic carbocycles. The highest BCUT2D eigenvalue weighted by Gasteiger charge is 2.21. The second-order valence-corrected chi connectivity index (χ2v) is 14.5. The third-order valence-electron chi connectivity index (χ3n) is 11.3. The molecule has 0 saturated heterocycles. The molecule has 264 valence electrons. The van der Waals surface area contributed by atoms with Gasteiger partial charge in [-0.3, -0.25) is 4.57 Å². The average molecular weight is 717 g/mol. The molecule has 0 amide bonds. The monoisotopic (exact) mass is 716 g/mol. The molecule has 0 radical (unpaired) electrons. The molecule has 0 fully saturated rings. The Bertz CT molecular complexity index is 3290. The second kappa shape index (κ2) is 13.0. The van der Waals surface area contributed by atoms with Crippen molar-refractivity contribution in [1.82, 2.24) is 9.55 Å². The van der Waals surface area contributed by atoms with Crippen LogP contribution in [-0.4, -0.2) is 9.55 Å². The zero-order valence-electron chi connectivity index (χ0n) is 30.9. The Morgan fingerprint density at radius 2 is 1.07 bits per heavy atom. The molecule has 2 heterocycles. The van der Waals surface area contributed by atoms with E-state index in [1.54, 1.807) is 0 Å². The smallest absolute Gasteiger partial charge is 0.136 e. The van der Waals surface area contributed by atoms with Crippen LogP contribution in [-0.2, 0) is 6.42 Å². The maximum Gasteiger partial charge on any atom is 0.136 e. The lowest BCUT2D eigenvalue weighted by molar-refractivity contribution is 0.669. The largest absolute Gasteiger partial charge is 0.456 e. The molecule has 0 N–H and O–H groups in total. The molecule has 11 aromatic rings. The van der Waals surface area contributed by atoms with Crippen molar-refractivity contribution in [3.05, 3.63) is 194 Å². The van der Waals surface area contributed by atoms with E-state index < -0.39 is 0 Å². The van der Waals surface area contributed by atoms with Crippen LogP contribution in [0.5, 0.6) is 0 Å². The molecule has 0 unspecified atom stereocenters. The number of nitrogens with zero attached hydrogens (tertiary/aromatic N) is 2. The van der Waals surface area contributed by atoms with Crippen molar-refractivity contribution in [3.8, 4) is 50.2 Å². The van der Waals surface area contributed by atoms with Gasteiger partial charge in [0.1, 0.15) is 17.0 Å². The lowest BCUT2D eigenvalue weighted by Crippen LogP contribution is -2.00. The van der Waals surface area contributed by atoms with E-state index in [2.05, 4.69) is 193 Å². The normalized spacial score (nSPS) is 11.7. The van der Waals surface area contributed by atoms with Crippen LogP contribution in [0.15, 0.2) is 192 Å². The number of furan rings is 1. The van der Waals surface area contributed by atoms with E-state index in [1.807, 2.05) is 6.07 Å². The summed E-state index contributed by atoms with van der Waals surface area (Å²) in [4.78, 5) is 4.96. The molecule has 0 saturated carbocycles. The van der Waals surface area contributed by atoms with Gasteiger partial charge in [-0.05, 0) is 115 Å². The fraction of sp³-hybridized carbons (Fsp3) is 0.0377. The Hall–Kier alpha value is -7.23. The van der Waals surface area contributed by atoms with E-state index in [1.165, 1.54) is 66.1 Å². The van der Waals surface area contributed by atoms with Crippen LogP contribution >= 0.6 is 0 Å². The number of para-hydroxylation sites is 3. The summed E-state index contributed by atoms with van der Waals surface area (Å²) in [5, 5.41) is 7.13. The first-order chi connectivity index (χ1) is 27.7. The number of aryl methyl sites for hydroxylation is 1. The van der Waals surface area contributed by atoms with Crippen LogP contribution in [0.2, 0.25) is 0 Å². The van der Waals surface area contributed by atoms with E-state index in [0.29, 0.717) is 0 Å². The number of imidazole rings is 1. The Morgan fingerprint density at radius 3 is 1.93 bits per heavy atom. The van der Waals surface area contributed by atoms with E-state index in [9.17, 15) is 0 Å². The van der Waals surface area contributed by atoms with Gasteiger partial charge in [-0.25, -0.2) is 4.98 Å². The molecule has 0 aliphatic rings. The molecule has 3 heteroatoms. The SMILES string of the molecule is CCc1nc2ccccc2n1-c1cccc(-c2cccc(-c3c4ccccc4c(-c4cccc5oc6ccccc6c45)c4cc(-c5ccccc5)ccc34)c2)c1. The zero-order chi connectivity index (χ0) is 37.2. The van der Waals surface area contributed by atoms with Crippen LogP contribution in [0.1, 0.15) is 12.7 Å². The maximum atomic E-state index is 6.44. The molecule has 9 aromatic carbocycles. The second-order valence-electron chi connectivity index (χ2n) is 14.5. The van der Waals surface area contributed by atoms with E-state index in [4.69, 9.17) is 9.40 Å². The summed E-state index contributed by atoms with van der Waals surface area (Å²) in [5.41, 5.74) is 14.6. The van der Waals surface area contributed by atoms with Gasteiger partial charge < -0.3 is 4.42 Å². The van der Waals surface area contributed by atoms with Crippen molar-refractivity contribution in [3.63, 3.8) is 0 Å². The number of hydrogen-bond acceptors (Lipinski definition) is 2. The standard InChI is InChI=1S/C53H36N2O/c1-2-50-54-46-25-9-10-26-47(46)55(50)39-20-13-18-36(32-39)35-17-12-19-38(31-35)51-40-21-6-7-22-41(40)52(45-33-37(29-30-42(45)51)34-15-4-3-5-16-34)44-24-14-28-49-53(44)43-23-8-11-27-48(43)56-49/h3-33H,2H2,1H3. The molecule has 0 aliphatic heterocycles. The highest BCUT2D eigenvalue weighted by Crippen LogP contribution is 2.48. The van der Waals surface area contributed by atoms with Crippen molar-refractivity contribution in [1.29, 1.82) is 0 Å². The number of fused-ring (bicyclic) bond motifs is 6. The lowest BCUT2D eigenvalue weighted by atomic mass is 9.83. The average Bonchev–Trinajstić information content (AvgIpc) is 3.84. The van der Waals surface area contributed by atoms with Crippen molar-refractivity contribution >= 4 is 54.5 Å². The molecule has 2 aromatic heterocycles. The number of hydrogen-bond donors (Lipinski definition) is 0. The molecular formula is C53H36N2O. The number of benzene rings is 9. The van der Waals surface area contributed by atoms with Crippen molar-refractivity contribution in [2.24, 2.45) is 0 Å². The third-order valence-corrected chi connectivity index (χ3v) is 11.3. The maximum absolute atomic E-state index is 6.44. The summed E-state index contributed by atoms with van der Waals surface area (Å²) in [6.45, 7) is 2.17. The van der Waals surface area contributed by atoms with Gasteiger partial charge in [-0.2, -0.15) is 0 Å². The highest BCUT2D eigenvalue weighted by molar-refractivity contribution is 6.26. The summed E-state index contributed by atoms with van der Waals surface area (Å²) in [7, 11) is 0. The van der Waals surface area contributed by atoms with Crippen LogP contribution in [0.3, 0.4) is 0 Å². The van der Waals surface area contributed by atoms with Gasteiger partial charge in [0.15, 0.2) is 0 Å². The Labute approximate surface area is 324 Å². The highest BCUT2D eigenvalue weighted by atomic mass is 16.3. The molecule has 0 atom stereocenters. The molecule has 11 rings (SSSR count). The quantitative estimate of drug-likeness (QED) is 0.160. The minimum atomic E-state index is 0.849. The molecule has 56 heavy (non-hydrogen) atoms. The molecule has 3 nitrogen and oxygen atoms in total. The zero-order valence-corrected chi connectivity index (χ0v) is 30.9. The first-order valence-corrected chi connectivity index (χ1v) is 19.4. The van der Waals surface area contributed by atoms with E-state index in [-0.39, 0.29) is 0 Å². The van der Waals surface area contributed by atoms with Crippen LogP contribution < -0.4 is 0 Å². The lowest BCUT2D eigenvalue weighted by Gasteiger charge is -2.20. The van der Waals surface area contributed by atoms with E-state index >= 15 is 0 Å². The summed E-state index contributed by atoms with van der Waals surface area (Å²) >= 11 is 0. The van der Waals surface area contributed by atoms with Crippen LogP contribution in [0.25, 0.3) is 105 Å². The van der Waals surface area contributed by atoms with Gasteiger partial charge in [0.25, 0.3) is 0 Å². The van der Waals surface area contributed by atoms with Gasteiger partial charge in [0, 0.05) is 22.9 Å². The van der Waals surface area contributed by atoms with Gasteiger partial charge in [0.05, 0.1) is 11.0 Å². The predicted molar refractivity (Wildman–Crippen MR) is 234 cm³/mol. The first kappa shape index (κ1) is 32.2. The van der Waals surface area contributed by atoms with Gasteiger partial charge in [-0.1, -0.05) is 146 Å². The molecule has 0 spiro atoms. The minimum absolute atomic E-state index is 0.849. The summed E-state index contributed by atoms with van der Waals surface area (Å²) < 4.78 is 8.74. The Kier molecular flexibility index (Phi) is 7.46. The fourth-order valence-electron chi connectivity index (χ4n) is 8.85. The van der Waals surface area contributed by atoms with Crippen LogP contribution in [0.4, 0.5) is 0 Å². The topological polar surface area (TPSA) is 31.0 Å². The van der Waals surface area contributed by atoms with E-state index in [0.717, 1.165) is 50.9 Å². The van der Waals surface area contributed by atoms with Crippen LogP contribution in [0, 0.1) is 0 Å². The van der Waals surface area contributed by atoms with Gasteiger partial charge in [-0.15, -0.1) is 0 Å². The predicted octanol–water partition coefficient (Wildman–Crippen LogP) is 14.5.